The van der Waals surface area contributed by atoms with Crippen LogP contribution in [0.2, 0.25) is 0 Å². The van der Waals surface area contributed by atoms with Gasteiger partial charge in [0.2, 0.25) is 0 Å². The average molecular weight is 311 g/mol. The number of nitrogens with zero attached hydrogens (tertiary/aromatic N) is 3. The molecule has 0 aliphatic carbocycles. The van der Waals surface area contributed by atoms with E-state index in [1.807, 2.05) is 35.0 Å². The number of aromatic nitrogens is 2. The van der Waals surface area contributed by atoms with E-state index in [-0.39, 0.29) is 12.2 Å². The van der Waals surface area contributed by atoms with Crippen LogP contribution >= 0.6 is 0 Å². The van der Waals surface area contributed by atoms with Crippen molar-refractivity contribution >= 4 is 23.1 Å². The Labute approximate surface area is 130 Å². The average Bonchev–Trinajstić information content (AvgIpc) is 2.96. The van der Waals surface area contributed by atoms with Gasteiger partial charge in [0.15, 0.2) is 0 Å². The molecule has 0 unspecified atom stereocenters. The van der Waals surface area contributed by atoms with Crippen molar-refractivity contribution in [3.05, 3.63) is 70.7 Å². The summed E-state index contributed by atoms with van der Waals surface area (Å²) in [5.74, 6) is 0. The number of nitro groups is 1. The predicted octanol–water partition coefficient (Wildman–Crippen LogP) is 2.56. The van der Waals surface area contributed by atoms with Crippen molar-refractivity contribution in [3.63, 3.8) is 0 Å². The molecule has 0 fully saturated rings. The maximum atomic E-state index is 11.9. The van der Waals surface area contributed by atoms with E-state index in [0.29, 0.717) is 11.4 Å². The third kappa shape index (κ3) is 3.43. The summed E-state index contributed by atoms with van der Waals surface area (Å²) in [6.07, 6.45) is 3.69. The number of benzene rings is 1. The summed E-state index contributed by atoms with van der Waals surface area (Å²) in [5.41, 5.74) is 1.78. The highest BCUT2D eigenvalue weighted by molar-refractivity contribution is 5.89. The second kappa shape index (κ2) is 6.14. The van der Waals surface area contributed by atoms with Crippen LogP contribution in [0.5, 0.6) is 0 Å². The van der Waals surface area contributed by atoms with E-state index in [1.165, 1.54) is 18.2 Å². The molecule has 8 nitrogen and oxygen atoms in total. The van der Waals surface area contributed by atoms with Gasteiger partial charge in [-0.05, 0) is 18.2 Å². The zero-order chi connectivity index (χ0) is 16.2. The first-order chi connectivity index (χ1) is 11.1. The largest absolute Gasteiger partial charge is 0.332 e. The van der Waals surface area contributed by atoms with Crippen molar-refractivity contribution in [3.8, 4) is 0 Å². The van der Waals surface area contributed by atoms with Gasteiger partial charge >= 0.3 is 6.03 Å². The van der Waals surface area contributed by atoms with Crippen molar-refractivity contribution in [1.82, 2.24) is 14.7 Å². The van der Waals surface area contributed by atoms with Gasteiger partial charge in [-0.25, -0.2) is 9.78 Å². The quantitative estimate of drug-likeness (QED) is 0.571. The maximum absolute atomic E-state index is 11.9. The molecule has 0 radical (unpaired) electrons. The van der Waals surface area contributed by atoms with E-state index in [9.17, 15) is 14.9 Å². The molecule has 3 aromatic rings. The molecular weight excluding hydrogens is 298 g/mol. The Bertz CT molecular complexity index is 841. The minimum absolute atomic E-state index is 0.0804. The van der Waals surface area contributed by atoms with Crippen molar-refractivity contribution < 1.29 is 9.72 Å². The summed E-state index contributed by atoms with van der Waals surface area (Å²) in [4.78, 5) is 26.4. The van der Waals surface area contributed by atoms with Gasteiger partial charge in [0.25, 0.3) is 5.69 Å². The Balaban J connectivity index is 1.61. The number of nitro benzene ring substituents is 1. The topological polar surface area (TPSA) is 102 Å². The SMILES string of the molecule is O=C(NCc1cn2ccccc2n1)Nc1cccc([N+](=O)[O-])c1. The first kappa shape index (κ1) is 14.5. The molecule has 0 aliphatic rings. The summed E-state index contributed by atoms with van der Waals surface area (Å²) in [7, 11) is 0. The number of hydrogen-bond donors (Lipinski definition) is 2. The number of imidazole rings is 1. The maximum Gasteiger partial charge on any atom is 0.319 e. The molecule has 1 aromatic carbocycles. The summed E-state index contributed by atoms with van der Waals surface area (Å²) < 4.78 is 1.86. The zero-order valence-corrected chi connectivity index (χ0v) is 12.0. The molecule has 0 saturated carbocycles. The molecule has 0 aliphatic heterocycles. The number of carbonyl (C=O) groups excluding carboxylic acids is 1. The Kier molecular flexibility index (Phi) is 3.88. The number of nitrogens with one attached hydrogen (secondary N) is 2. The molecule has 116 valence electrons. The standard InChI is InChI=1S/C15H13N5O3/c21-15(18-11-4-3-5-13(8-11)20(22)23)16-9-12-10-19-7-2-1-6-14(19)17-12/h1-8,10H,9H2,(H2,16,18,21). The minimum Gasteiger partial charge on any atom is -0.332 e. The molecular formula is C15H13N5O3. The zero-order valence-electron chi connectivity index (χ0n) is 12.0. The number of non-ortho nitro benzene ring substituents is 1. The van der Waals surface area contributed by atoms with Crippen molar-refractivity contribution in [2.75, 3.05) is 5.32 Å². The van der Waals surface area contributed by atoms with E-state index in [1.54, 1.807) is 6.07 Å². The normalized spacial score (nSPS) is 10.4. The van der Waals surface area contributed by atoms with Crippen LogP contribution in [0.1, 0.15) is 5.69 Å². The first-order valence-corrected chi connectivity index (χ1v) is 6.84. The van der Waals surface area contributed by atoms with Gasteiger partial charge in [-0.15, -0.1) is 0 Å². The molecule has 0 saturated heterocycles. The number of pyridine rings is 1. The van der Waals surface area contributed by atoms with Crippen LogP contribution in [0.3, 0.4) is 0 Å². The van der Waals surface area contributed by atoms with Gasteiger partial charge in [0.1, 0.15) is 5.65 Å². The van der Waals surface area contributed by atoms with Crippen LogP contribution in [0.25, 0.3) is 5.65 Å². The molecule has 8 heteroatoms. The molecule has 0 atom stereocenters. The van der Waals surface area contributed by atoms with Gasteiger partial charge in [-0.2, -0.15) is 0 Å². The smallest absolute Gasteiger partial charge is 0.319 e. The lowest BCUT2D eigenvalue weighted by Gasteiger charge is -2.06. The van der Waals surface area contributed by atoms with E-state index in [4.69, 9.17) is 0 Å². The predicted molar refractivity (Wildman–Crippen MR) is 84.1 cm³/mol. The van der Waals surface area contributed by atoms with Crippen molar-refractivity contribution in [2.45, 2.75) is 6.54 Å². The number of anilines is 1. The lowest BCUT2D eigenvalue weighted by atomic mass is 10.3. The Hall–Kier alpha value is -3.42. The number of hydrogen-bond acceptors (Lipinski definition) is 4. The van der Waals surface area contributed by atoms with Crippen LogP contribution in [0.4, 0.5) is 16.2 Å². The number of urea groups is 1. The van der Waals surface area contributed by atoms with Gasteiger partial charge in [-0.3, -0.25) is 10.1 Å². The summed E-state index contributed by atoms with van der Waals surface area (Å²) in [6.45, 7) is 0.252. The molecule has 2 amide bonds. The number of fused-ring (bicyclic) bond motifs is 1. The third-order valence-corrected chi connectivity index (χ3v) is 3.16. The van der Waals surface area contributed by atoms with Gasteiger partial charge in [0.05, 0.1) is 17.2 Å². The Morgan fingerprint density at radius 2 is 2.13 bits per heavy atom. The summed E-state index contributed by atoms with van der Waals surface area (Å²) >= 11 is 0. The number of carbonyl (C=O) groups is 1. The fraction of sp³-hybridized carbons (Fsp3) is 0.0667. The van der Waals surface area contributed by atoms with E-state index < -0.39 is 11.0 Å². The Morgan fingerprint density at radius 1 is 1.26 bits per heavy atom. The highest BCUT2D eigenvalue weighted by atomic mass is 16.6. The van der Waals surface area contributed by atoms with Crippen molar-refractivity contribution in [2.24, 2.45) is 0 Å². The van der Waals surface area contributed by atoms with Crippen LogP contribution in [-0.4, -0.2) is 20.3 Å². The fourth-order valence-corrected chi connectivity index (χ4v) is 2.12. The highest BCUT2D eigenvalue weighted by Crippen LogP contribution is 2.16. The van der Waals surface area contributed by atoms with Crippen molar-refractivity contribution in [1.29, 1.82) is 0 Å². The monoisotopic (exact) mass is 311 g/mol. The first-order valence-electron chi connectivity index (χ1n) is 6.84. The lowest BCUT2D eigenvalue weighted by molar-refractivity contribution is -0.384. The molecule has 0 bridgehead atoms. The molecule has 23 heavy (non-hydrogen) atoms. The molecule has 2 heterocycles. The highest BCUT2D eigenvalue weighted by Gasteiger charge is 2.08. The summed E-state index contributed by atoms with van der Waals surface area (Å²) in [6, 6.07) is 10.9. The van der Waals surface area contributed by atoms with E-state index >= 15 is 0 Å². The number of rotatable bonds is 4. The second-order valence-corrected chi connectivity index (χ2v) is 4.81. The van der Waals surface area contributed by atoms with Crippen LogP contribution < -0.4 is 10.6 Å². The van der Waals surface area contributed by atoms with Crippen LogP contribution in [0, 0.1) is 10.1 Å². The van der Waals surface area contributed by atoms with Gasteiger partial charge in [-0.1, -0.05) is 12.1 Å². The number of amides is 2. The molecule has 3 rings (SSSR count). The van der Waals surface area contributed by atoms with Gasteiger partial charge in [0, 0.05) is 30.2 Å². The molecule has 0 spiro atoms. The summed E-state index contributed by atoms with van der Waals surface area (Å²) in [5, 5.41) is 15.9. The minimum atomic E-state index is -0.514. The molecule has 2 N–H and O–H groups in total. The Morgan fingerprint density at radius 3 is 2.91 bits per heavy atom. The van der Waals surface area contributed by atoms with Crippen LogP contribution in [0.15, 0.2) is 54.9 Å². The van der Waals surface area contributed by atoms with Gasteiger partial charge < -0.3 is 15.0 Å². The van der Waals surface area contributed by atoms with E-state index in [0.717, 1.165) is 5.65 Å². The second-order valence-electron chi connectivity index (χ2n) is 4.81. The fourth-order valence-electron chi connectivity index (χ4n) is 2.12. The lowest BCUT2D eigenvalue weighted by Crippen LogP contribution is -2.28. The van der Waals surface area contributed by atoms with Crippen LogP contribution in [-0.2, 0) is 6.54 Å². The van der Waals surface area contributed by atoms with E-state index in [2.05, 4.69) is 15.6 Å². The molecule has 2 aromatic heterocycles. The third-order valence-electron chi connectivity index (χ3n) is 3.16.